The first-order valence-electron chi connectivity index (χ1n) is 4.61. The van der Waals surface area contributed by atoms with Gasteiger partial charge >= 0.3 is 0 Å². The Morgan fingerprint density at radius 1 is 1.06 bits per heavy atom. The summed E-state index contributed by atoms with van der Waals surface area (Å²) in [7, 11) is 4.59. The lowest BCUT2D eigenvalue weighted by Gasteiger charge is -2.15. The Kier molecular flexibility index (Phi) is 4.44. The van der Waals surface area contributed by atoms with Crippen LogP contribution in [0.15, 0.2) is 12.1 Å². The molecule has 0 bridgehead atoms. The molecule has 5 nitrogen and oxygen atoms in total. The van der Waals surface area contributed by atoms with Crippen LogP contribution in [0.3, 0.4) is 0 Å². The van der Waals surface area contributed by atoms with Gasteiger partial charge in [0.1, 0.15) is 12.4 Å². The Labute approximate surface area is 93.9 Å². The van der Waals surface area contributed by atoms with E-state index >= 15 is 0 Å². The third kappa shape index (κ3) is 2.36. The minimum Gasteiger partial charge on any atom is -0.496 e. The first-order chi connectivity index (χ1) is 7.78. The van der Waals surface area contributed by atoms with Gasteiger partial charge in [-0.1, -0.05) is 0 Å². The second-order valence-corrected chi connectivity index (χ2v) is 2.89. The fourth-order valence-electron chi connectivity index (χ4n) is 1.42. The van der Waals surface area contributed by atoms with Crippen molar-refractivity contribution in [1.29, 1.82) is 0 Å². The highest BCUT2D eigenvalue weighted by atomic mass is 16.5. The van der Waals surface area contributed by atoms with Crippen molar-refractivity contribution in [2.45, 2.75) is 6.61 Å². The van der Waals surface area contributed by atoms with Gasteiger partial charge in [0.15, 0.2) is 11.5 Å². The summed E-state index contributed by atoms with van der Waals surface area (Å²) in [6, 6.07) is 3.45. The molecule has 1 aromatic carbocycles. The summed E-state index contributed by atoms with van der Waals surface area (Å²) in [4.78, 5) is 10.2. The summed E-state index contributed by atoms with van der Waals surface area (Å²) in [5, 5.41) is 0. The summed E-state index contributed by atoms with van der Waals surface area (Å²) in [5.41, 5.74) is 0.636. The zero-order chi connectivity index (χ0) is 12.0. The van der Waals surface area contributed by atoms with Gasteiger partial charge in [0.25, 0.3) is 6.47 Å². The molecule has 88 valence electrons. The van der Waals surface area contributed by atoms with Crippen molar-refractivity contribution in [2.24, 2.45) is 0 Å². The Bertz CT molecular complexity index is 362. The third-order valence-electron chi connectivity index (χ3n) is 2.12. The SMILES string of the molecule is COc1ccc(OC)c(OC)c1COC=O. The lowest BCUT2D eigenvalue weighted by atomic mass is 10.1. The molecule has 0 unspecified atom stereocenters. The highest BCUT2D eigenvalue weighted by molar-refractivity contribution is 5.54. The molecule has 0 atom stereocenters. The van der Waals surface area contributed by atoms with E-state index in [2.05, 4.69) is 0 Å². The van der Waals surface area contributed by atoms with Gasteiger partial charge in [-0.05, 0) is 12.1 Å². The van der Waals surface area contributed by atoms with E-state index in [1.54, 1.807) is 12.1 Å². The molecule has 0 aliphatic carbocycles. The highest BCUT2D eigenvalue weighted by Gasteiger charge is 2.15. The van der Waals surface area contributed by atoms with E-state index in [0.29, 0.717) is 29.3 Å². The monoisotopic (exact) mass is 226 g/mol. The molecule has 0 spiro atoms. The van der Waals surface area contributed by atoms with Crippen molar-refractivity contribution in [3.63, 3.8) is 0 Å². The van der Waals surface area contributed by atoms with Crippen LogP contribution in [0.4, 0.5) is 0 Å². The predicted molar refractivity (Wildman–Crippen MR) is 57.0 cm³/mol. The molecule has 0 radical (unpaired) electrons. The summed E-state index contributed by atoms with van der Waals surface area (Å²) in [6.07, 6.45) is 0. The van der Waals surface area contributed by atoms with Crippen molar-refractivity contribution in [1.82, 2.24) is 0 Å². The van der Waals surface area contributed by atoms with Crippen LogP contribution in [-0.2, 0) is 16.1 Å². The van der Waals surface area contributed by atoms with Crippen molar-refractivity contribution in [3.8, 4) is 17.2 Å². The second kappa shape index (κ2) is 5.85. The fourth-order valence-corrected chi connectivity index (χ4v) is 1.42. The molecule has 0 N–H and O–H groups in total. The predicted octanol–water partition coefficient (Wildman–Crippen LogP) is 1.39. The maximum atomic E-state index is 10.2. The lowest BCUT2D eigenvalue weighted by Crippen LogP contribution is -2.01. The maximum absolute atomic E-state index is 10.2. The Balaban J connectivity index is 3.19. The van der Waals surface area contributed by atoms with Crippen molar-refractivity contribution in [2.75, 3.05) is 21.3 Å². The highest BCUT2D eigenvalue weighted by Crippen LogP contribution is 2.37. The molecule has 1 aromatic rings. The Hall–Kier alpha value is -1.91. The number of ether oxygens (including phenoxy) is 4. The zero-order valence-electron chi connectivity index (χ0n) is 9.48. The van der Waals surface area contributed by atoms with Crippen LogP contribution in [0.1, 0.15) is 5.56 Å². The van der Waals surface area contributed by atoms with Gasteiger partial charge in [0.2, 0.25) is 0 Å². The average Bonchev–Trinajstić information content (AvgIpc) is 2.34. The minimum absolute atomic E-state index is 0.0764. The second-order valence-electron chi connectivity index (χ2n) is 2.89. The first-order valence-corrected chi connectivity index (χ1v) is 4.61. The van der Waals surface area contributed by atoms with Crippen LogP contribution < -0.4 is 14.2 Å². The summed E-state index contributed by atoms with van der Waals surface area (Å²) in [6.45, 7) is 0.450. The van der Waals surface area contributed by atoms with Gasteiger partial charge in [-0.25, -0.2) is 0 Å². The molecule has 0 saturated heterocycles. The van der Waals surface area contributed by atoms with Crippen molar-refractivity contribution >= 4 is 6.47 Å². The number of benzene rings is 1. The van der Waals surface area contributed by atoms with E-state index < -0.39 is 0 Å². The molecule has 1 rings (SSSR count). The van der Waals surface area contributed by atoms with Crippen LogP contribution in [0.5, 0.6) is 17.2 Å². The largest absolute Gasteiger partial charge is 0.496 e. The molecule has 5 heteroatoms. The topological polar surface area (TPSA) is 54.0 Å². The Morgan fingerprint density at radius 2 is 1.69 bits per heavy atom. The molecule has 0 amide bonds. The normalized spacial score (nSPS) is 9.44. The van der Waals surface area contributed by atoms with Gasteiger partial charge in [-0.2, -0.15) is 0 Å². The molecule has 0 aliphatic heterocycles. The lowest BCUT2D eigenvalue weighted by molar-refractivity contribution is -0.129. The molecule has 16 heavy (non-hydrogen) atoms. The molecular weight excluding hydrogens is 212 g/mol. The van der Waals surface area contributed by atoms with E-state index in [1.165, 1.54) is 21.3 Å². The van der Waals surface area contributed by atoms with Gasteiger partial charge in [-0.3, -0.25) is 4.79 Å². The van der Waals surface area contributed by atoms with Crippen LogP contribution in [0.2, 0.25) is 0 Å². The number of hydrogen-bond acceptors (Lipinski definition) is 5. The van der Waals surface area contributed by atoms with Crippen LogP contribution in [0, 0.1) is 0 Å². The molecule has 0 aliphatic rings. The summed E-state index contributed by atoms with van der Waals surface area (Å²) in [5.74, 6) is 1.65. The Morgan fingerprint density at radius 3 is 2.19 bits per heavy atom. The number of methoxy groups -OCH3 is 3. The fraction of sp³-hybridized carbons (Fsp3) is 0.364. The van der Waals surface area contributed by atoms with Crippen molar-refractivity contribution < 1.29 is 23.7 Å². The van der Waals surface area contributed by atoms with E-state index in [4.69, 9.17) is 18.9 Å². The quantitative estimate of drug-likeness (QED) is 0.686. The number of carbonyl (C=O) groups is 1. The average molecular weight is 226 g/mol. The van der Waals surface area contributed by atoms with Gasteiger partial charge in [0.05, 0.1) is 26.9 Å². The maximum Gasteiger partial charge on any atom is 0.293 e. The van der Waals surface area contributed by atoms with Crippen molar-refractivity contribution in [3.05, 3.63) is 17.7 Å². The molecule has 0 fully saturated rings. The standard InChI is InChI=1S/C11H14O5/c1-13-9-4-5-10(14-2)11(15-3)8(9)6-16-7-12/h4-5,7H,6H2,1-3H3. The van der Waals surface area contributed by atoms with Crippen LogP contribution in [0.25, 0.3) is 0 Å². The van der Waals surface area contributed by atoms with E-state index in [9.17, 15) is 4.79 Å². The van der Waals surface area contributed by atoms with E-state index in [-0.39, 0.29) is 6.61 Å². The molecular formula is C11H14O5. The van der Waals surface area contributed by atoms with Crippen LogP contribution >= 0.6 is 0 Å². The number of hydrogen-bond donors (Lipinski definition) is 0. The molecule has 0 heterocycles. The van der Waals surface area contributed by atoms with Gasteiger partial charge in [0, 0.05) is 0 Å². The van der Waals surface area contributed by atoms with Gasteiger partial charge in [-0.15, -0.1) is 0 Å². The zero-order valence-corrected chi connectivity index (χ0v) is 9.48. The third-order valence-corrected chi connectivity index (χ3v) is 2.12. The first kappa shape index (κ1) is 12.2. The number of carbonyl (C=O) groups excluding carboxylic acids is 1. The van der Waals surface area contributed by atoms with Gasteiger partial charge < -0.3 is 18.9 Å². The summed E-state index contributed by atoms with van der Waals surface area (Å²) >= 11 is 0. The van der Waals surface area contributed by atoms with E-state index in [0.717, 1.165) is 0 Å². The summed E-state index contributed by atoms with van der Waals surface area (Å²) < 4.78 is 20.2. The molecule has 0 saturated carbocycles. The molecule has 0 aromatic heterocycles. The smallest absolute Gasteiger partial charge is 0.293 e. The van der Waals surface area contributed by atoms with Crippen LogP contribution in [-0.4, -0.2) is 27.8 Å². The number of rotatable bonds is 6. The minimum atomic E-state index is 0.0764. The van der Waals surface area contributed by atoms with E-state index in [1.807, 2.05) is 0 Å².